The van der Waals surface area contributed by atoms with Crippen molar-refractivity contribution in [2.75, 3.05) is 19.2 Å². The third-order valence-corrected chi connectivity index (χ3v) is 7.14. The van der Waals surface area contributed by atoms with E-state index in [4.69, 9.17) is 27.9 Å². The lowest BCUT2D eigenvalue weighted by atomic mass is 10.1. The van der Waals surface area contributed by atoms with Crippen LogP contribution in [0.15, 0.2) is 0 Å². The molecule has 0 saturated carbocycles. The van der Waals surface area contributed by atoms with E-state index in [1.165, 1.54) is 0 Å². The minimum Gasteiger partial charge on any atom is -0.349 e. The van der Waals surface area contributed by atoms with Crippen LogP contribution >= 0.6 is 17.9 Å². The first-order valence-electron chi connectivity index (χ1n) is 5.48. The molecule has 0 rings (SSSR count). The Bertz CT molecular complexity index is 303. The van der Waals surface area contributed by atoms with E-state index < -0.39 is 11.4 Å². The maximum absolute atomic E-state index is 9.30. The summed E-state index contributed by atoms with van der Waals surface area (Å²) >= 11 is 11.2. The highest BCUT2D eigenvalue weighted by Crippen LogP contribution is 2.58. The summed E-state index contributed by atoms with van der Waals surface area (Å²) < 4.78 is 5.80. The zero-order valence-corrected chi connectivity index (χ0v) is 13.0. The van der Waals surface area contributed by atoms with Crippen molar-refractivity contribution in [1.82, 2.24) is 0 Å². The topological polar surface area (TPSA) is 33.0 Å². The van der Waals surface area contributed by atoms with E-state index in [1.807, 2.05) is 13.6 Å². The van der Waals surface area contributed by atoms with Gasteiger partial charge in [-0.2, -0.15) is 5.26 Å². The minimum absolute atomic E-state index is 0.443. The second-order valence-electron chi connectivity index (χ2n) is 4.71. The summed E-state index contributed by atoms with van der Waals surface area (Å²) in [6, 6.07) is 2.34. The van der Waals surface area contributed by atoms with Crippen molar-refractivity contribution in [2.45, 2.75) is 38.8 Å². The van der Waals surface area contributed by atoms with E-state index in [0.29, 0.717) is 18.4 Å². The van der Waals surface area contributed by atoms with Crippen LogP contribution in [0.2, 0.25) is 0 Å². The zero-order valence-electron chi connectivity index (χ0n) is 10.5. The molecule has 0 saturated heterocycles. The van der Waals surface area contributed by atoms with Crippen LogP contribution in [0.5, 0.6) is 0 Å². The molecule has 2 atom stereocenters. The third-order valence-electron chi connectivity index (χ3n) is 2.59. The number of alkyl halides is 1. The van der Waals surface area contributed by atoms with Gasteiger partial charge >= 0.3 is 0 Å². The lowest BCUT2D eigenvalue weighted by Crippen LogP contribution is -2.24. The van der Waals surface area contributed by atoms with Crippen molar-refractivity contribution in [3.63, 3.8) is 0 Å². The van der Waals surface area contributed by atoms with Crippen molar-refractivity contribution < 1.29 is 4.52 Å². The molecule has 5 heteroatoms. The van der Waals surface area contributed by atoms with Gasteiger partial charge in [0.2, 0.25) is 0 Å². The smallest absolute Gasteiger partial charge is 0.105 e. The Hall–Kier alpha value is 0.390. The molecule has 0 aromatic carbocycles. The normalized spacial score (nSPS) is 18.8. The molecule has 0 bridgehead atoms. The fourth-order valence-corrected chi connectivity index (χ4v) is 3.52. The molecule has 0 aliphatic heterocycles. The lowest BCUT2D eigenvalue weighted by molar-refractivity contribution is 0.291. The Kier molecular flexibility index (Phi) is 7.14. The molecule has 0 aromatic heterocycles. The number of hydrogen-bond acceptors (Lipinski definition) is 3. The highest BCUT2D eigenvalue weighted by Gasteiger charge is 2.37. The molecule has 16 heavy (non-hydrogen) atoms. The van der Waals surface area contributed by atoms with Crippen LogP contribution in [-0.4, -0.2) is 24.3 Å². The maximum atomic E-state index is 9.30. The van der Waals surface area contributed by atoms with E-state index in [2.05, 4.69) is 19.9 Å². The SMILES string of the molecule is CC(C)COP(C)(=S)C(C)(C#N)CCCCl. The average molecular weight is 282 g/mol. The van der Waals surface area contributed by atoms with Gasteiger partial charge in [-0.05, 0) is 32.3 Å². The van der Waals surface area contributed by atoms with Gasteiger partial charge < -0.3 is 4.52 Å². The summed E-state index contributed by atoms with van der Waals surface area (Å²) in [4.78, 5) is 0. The first-order chi connectivity index (χ1) is 7.29. The maximum Gasteiger partial charge on any atom is 0.105 e. The summed E-state index contributed by atoms with van der Waals surface area (Å²) in [6.07, 6.45) is -0.555. The molecule has 2 nitrogen and oxygen atoms in total. The molecule has 0 amide bonds. The predicted octanol–water partition coefficient (Wildman–Crippen LogP) is 3.98. The molecule has 0 N–H and O–H groups in total. The summed E-state index contributed by atoms with van der Waals surface area (Å²) in [5.74, 6) is 1.01. The Morgan fingerprint density at radius 3 is 2.50 bits per heavy atom. The molecule has 94 valence electrons. The van der Waals surface area contributed by atoms with Gasteiger partial charge in [-0.25, -0.2) is 0 Å². The van der Waals surface area contributed by atoms with Crippen LogP contribution in [0.25, 0.3) is 0 Å². The fourth-order valence-electron chi connectivity index (χ4n) is 1.19. The van der Waals surface area contributed by atoms with Gasteiger partial charge in [-0.15, -0.1) is 11.6 Å². The average Bonchev–Trinajstić information content (AvgIpc) is 2.23. The summed E-state index contributed by atoms with van der Waals surface area (Å²) in [7, 11) is 0. The van der Waals surface area contributed by atoms with Crippen LogP contribution in [0.4, 0.5) is 0 Å². The molecule has 2 unspecified atom stereocenters. The largest absolute Gasteiger partial charge is 0.349 e. The third kappa shape index (κ3) is 4.72. The van der Waals surface area contributed by atoms with Gasteiger partial charge in [-0.1, -0.05) is 25.7 Å². The standard InChI is InChI=1S/C11H21ClNOPS/c1-10(2)8-14-15(4,16)11(3,9-13)6-5-7-12/h10H,5-8H2,1-4H3. The van der Waals surface area contributed by atoms with Gasteiger partial charge in [-0.3, -0.25) is 0 Å². The van der Waals surface area contributed by atoms with Crippen molar-refractivity contribution in [3.05, 3.63) is 0 Å². The number of rotatable bonds is 7. The Labute approximate surface area is 109 Å². The summed E-state index contributed by atoms with van der Waals surface area (Å²) in [6.45, 7) is 8.62. The predicted molar refractivity (Wildman–Crippen MR) is 75.0 cm³/mol. The molecule has 0 aromatic rings. The van der Waals surface area contributed by atoms with E-state index in [9.17, 15) is 5.26 Å². The number of halogens is 1. The van der Waals surface area contributed by atoms with Crippen molar-refractivity contribution in [1.29, 1.82) is 5.26 Å². The molecule has 0 aliphatic rings. The molecule has 0 fully saturated rings. The van der Waals surface area contributed by atoms with Crippen molar-refractivity contribution in [2.24, 2.45) is 5.92 Å². The van der Waals surface area contributed by atoms with E-state index in [-0.39, 0.29) is 0 Å². The molecule has 0 spiro atoms. The monoisotopic (exact) mass is 281 g/mol. The van der Waals surface area contributed by atoms with E-state index >= 15 is 0 Å². The zero-order chi connectivity index (χ0) is 12.8. The molecular weight excluding hydrogens is 261 g/mol. The lowest BCUT2D eigenvalue weighted by Gasteiger charge is -2.32. The van der Waals surface area contributed by atoms with Crippen LogP contribution in [0.3, 0.4) is 0 Å². The Morgan fingerprint density at radius 2 is 2.12 bits per heavy atom. The molecule has 0 heterocycles. The first kappa shape index (κ1) is 16.4. The first-order valence-corrected chi connectivity index (χ1v) is 9.18. The second-order valence-corrected chi connectivity index (χ2v) is 10.1. The highest BCUT2D eigenvalue weighted by atomic mass is 35.5. The minimum atomic E-state index is -2.08. The van der Waals surface area contributed by atoms with Gasteiger partial charge in [0.25, 0.3) is 0 Å². The number of nitrogens with zero attached hydrogens (tertiary/aromatic N) is 1. The van der Waals surface area contributed by atoms with Crippen LogP contribution < -0.4 is 0 Å². The highest BCUT2D eigenvalue weighted by molar-refractivity contribution is 8.12. The van der Waals surface area contributed by atoms with E-state index in [0.717, 1.165) is 12.8 Å². The fraction of sp³-hybridized carbons (Fsp3) is 0.909. The van der Waals surface area contributed by atoms with Crippen LogP contribution in [0.1, 0.15) is 33.6 Å². The van der Waals surface area contributed by atoms with Gasteiger partial charge in [0.15, 0.2) is 0 Å². The second kappa shape index (κ2) is 6.97. The Morgan fingerprint density at radius 1 is 1.56 bits per heavy atom. The van der Waals surface area contributed by atoms with Crippen LogP contribution in [0, 0.1) is 17.2 Å². The number of nitriles is 1. The Balaban J connectivity index is 4.66. The van der Waals surface area contributed by atoms with Crippen molar-refractivity contribution >= 4 is 29.7 Å². The summed E-state index contributed by atoms with van der Waals surface area (Å²) in [5.41, 5.74) is 0. The number of hydrogen-bond donors (Lipinski definition) is 0. The molecule has 0 aliphatic carbocycles. The molecular formula is C11H21ClNOPS. The summed E-state index contributed by atoms with van der Waals surface area (Å²) in [5, 5.41) is 8.75. The quantitative estimate of drug-likeness (QED) is 0.523. The van der Waals surface area contributed by atoms with Gasteiger partial charge in [0.05, 0.1) is 18.9 Å². The van der Waals surface area contributed by atoms with Gasteiger partial charge in [0, 0.05) is 5.88 Å². The van der Waals surface area contributed by atoms with Gasteiger partial charge in [0.1, 0.15) is 5.16 Å². The van der Waals surface area contributed by atoms with Crippen molar-refractivity contribution in [3.8, 4) is 6.07 Å². The van der Waals surface area contributed by atoms with Crippen LogP contribution in [-0.2, 0) is 16.3 Å². The van der Waals surface area contributed by atoms with E-state index in [1.54, 1.807) is 0 Å². The molecule has 0 radical (unpaired) electrons.